The van der Waals surface area contributed by atoms with Crippen LogP contribution in [0.2, 0.25) is 0 Å². The molecule has 0 bridgehead atoms. The van der Waals surface area contributed by atoms with Gasteiger partial charge in [-0.2, -0.15) is 0 Å². The van der Waals surface area contributed by atoms with Crippen molar-refractivity contribution in [1.82, 2.24) is 0 Å². The largest absolute Gasteiger partial charge is 0.432 e. The highest BCUT2D eigenvalue weighted by atomic mass is 16.8. The normalized spacial score (nSPS) is 55.0. The van der Waals surface area contributed by atoms with E-state index < -0.39 is 264 Å². The fourth-order valence-corrected chi connectivity index (χ4v) is 20.4. The van der Waals surface area contributed by atoms with Crippen molar-refractivity contribution in [3.8, 4) is 0 Å². The summed E-state index contributed by atoms with van der Waals surface area (Å²) in [5.41, 5.74) is -1.80. The van der Waals surface area contributed by atoms with Crippen LogP contribution in [0.15, 0.2) is 11.6 Å². The summed E-state index contributed by atoms with van der Waals surface area (Å²) in [5, 5.41) is 208. The van der Waals surface area contributed by atoms with Crippen molar-refractivity contribution >= 4 is 5.97 Å². The third-order valence-electron chi connectivity index (χ3n) is 27.3. The van der Waals surface area contributed by atoms with E-state index in [0.717, 1.165) is 12.8 Å². The summed E-state index contributed by atoms with van der Waals surface area (Å²) in [7, 11) is 0. The smallest absolute Gasteiger partial charge is 0.315 e. The molecular formula is C71H116O34. The Morgan fingerprint density at radius 1 is 0.448 bits per heavy atom. The first kappa shape index (κ1) is 82.4. The van der Waals surface area contributed by atoms with Gasteiger partial charge in [0.2, 0.25) is 6.29 Å². The molecule has 42 unspecified atom stereocenters. The zero-order chi connectivity index (χ0) is 76.6. The Hall–Kier alpha value is -2.07. The van der Waals surface area contributed by atoms with Crippen LogP contribution in [0.1, 0.15) is 133 Å². The van der Waals surface area contributed by atoms with Gasteiger partial charge in [0, 0.05) is 0 Å². The minimum atomic E-state index is -1.95. The van der Waals surface area contributed by atoms with Crippen molar-refractivity contribution in [3.05, 3.63) is 11.6 Å². The highest BCUT2D eigenvalue weighted by Gasteiger charge is 2.71. The van der Waals surface area contributed by atoms with E-state index in [0.29, 0.717) is 51.4 Å². The van der Waals surface area contributed by atoms with E-state index in [4.69, 9.17) is 66.3 Å². The molecule has 0 amide bonds. The van der Waals surface area contributed by atoms with Gasteiger partial charge in [0.25, 0.3) is 0 Å². The Morgan fingerprint density at radius 3 is 1.46 bits per heavy atom. The number of rotatable bonds is 17. The van der Waals surface area contributed by atoms with E-state index in [2.05, 4.69) is 54.5 Å². The molecule has 42 atom stereocenters. The molecule has 0 aromatic carbocycles. The van der Waals surface area contributed by atoms with E-state index in [9.17, 15) is 97.0 Å². The maximum absolute atomic E-state index is 15.4. The van der Waals surface area contributed by atoms with Crippen molar-refractivity contribution in [2.24, 2.45) is 50.2 Å². The van der Waals surface area contributed by atoms with Gasteiger partial charge in [-0.15, -0.1) is 0 Å². The van der Waals surface area contributed by atoms with Gasteiger partial charge in [-0.05, 0) is 130 Å². The van der Waals surface area contributed by atoms with Gasteiger partial charge < -0.3 is 163 Å². The second-order valence-electron chi connectivity index (χ2n) is 34.2. The van der Waals surface area contributed by atoms with E-state index in [-0.39, 0.29) is 34.0 Å². The molecule has 34 heteroatoms. The topological polar surface area (TPSA) is 531 Å². The average molecular weight is 1510 g/mol. The molecule has 5 aliphatic carbocycles. The van der Waals surface area contributed by atoms with Crippen LogP contribution in [-0.4, -0.2) is 344 Å². The summed E-state index contributed by atoms with van der Waals surface area (Å²) >= 11 is 0. The van der Waals surface area contributed by atoms with E-state index in [1.165, 1.54) is 26.3 Å². The van der Waals surface area contributed by atoms with E-state index in [1.807, 2.05) is 0 Å². The van der Waals surface area contributed by atoms with Crippen LogP contribution in [0.5, 0.6) is 0 Å². The molecule has 19 N–H and O–H groups in total. The summed E-state index contributed by atoms with van der Waals surface area (Å²) in [4.78, 5) is 15.4. The average Bonchev–Trinajstić information content (AvgIpc) is 0.674. The molecule has 0 spiro atoms. The number of ether oxygens (including phenoxy) is 14. The maximum atomic E-state index is 15.4. The lowest BCUT2D eigenvalue weighted by Gasteiger charge is -2.71. The predicted molar refractivity (Wildman–Crippen MR) is 350 cm³/mol. The van der Waals surface area contributed by atoms with Gasteiger partial charge in [-0.25, -0.2) is 0 Å². The van der Waals surface area contributed by atoms with Crippen LogP contribution in [-0.2, 0) is 71.1 Å². The van der Waals surface area contributed by atoms with Crippen LogP contribution in [0.3, 0.4) is 0 Å². The Labute approximate surface area is 608 Å². The zero-order valence-electron chi connectivity index (χ0n) is 61.0. The lowest BCUT2D eigenvalue weighted by Crippen LogP contribution is -2.67. The van der Waals surface area contributed by atoms with Gasteiger partial charge in [0.15, 0.2) is 37.7 Å². The first-order valence-corrected chi connectivity index (χ1v) is 37.3. The van der Waals surface area contributed by atoms with Gasteiger partial charge in [0.05, 0.1) is 56.3 Å². The molecule has 105 heavy (non-hydrogen) atoms. The second kappa shape index (κ2) is 31.0. The lowest BCUT2D eigenvalue weighted by molar-refractivity contribution is -0.387. The van der Waals surface area contributed by atoms with Gasteiger partial charge in [-0.3, -0.25) is 4.79 Å². The highest BCUT2D eigenvalue weighted by molar-refractivity contribution is 5.79. The number of aliphatic hydroxyl groups excluding tert-OH is 19. The fraction of sp³-hybridized carbons (Fsp3) is 0.958. The van der Waals surface area contributed by atoms with Gasteiger partial charge >= 0.3 is 5.97 Å². The molecule has 7 saturated heterocycles. The number of allylic oxidation sites excluding steroid dienone is 2. The molecule has 12 aliphatic rings. The number of carbonyl (C=O) groups excluding carboxylic acids is 1. The summed E-state index contributed by atoms with van der Waals surface area (Å²) in [6.07, 6.45) is -47.5. The molecule has 7 aliphatic heterocycles. The van der Waals surface area contributed by atoms with E-state index in [1.54, 1.807) is 0 Å². The maximum Gasteiger partial charge on any atom is 0.315 e. The third-order valence-corrected chi connectivity index (χ3v) is 27.3. The third kappa shape index (κ3) is 14.5. The van der Waals surface area contributed by atoms with Crippen molar-refractivity contribution < 1.29 is 168 Å². The molecule has 11 fully saturated rings. The molecule has 7 heterocycles. The molecular weight excluding hydrogens is 1400 g/mol. The molecule has 34 nitrogen and oxygen atoms in total. The van der Waals surface area contributed by atoms with Crippen LogP contribution < -0.4 is 0 Å². The van der Waals surface area contributed by atoms with Gasteiger partial charge in [-0.1, -0.05) is 60.1 Å². The number of aliphatic hydroxyl groups is 19. The highest BCUT2D eigenvalue weighted by Crippen LogP contribution is 2.76. The number of carbonyl (C=O) groups is 1. The Balaban J connectivity index is 0.725. The number of hydrogen-bond donors (Lipinski definition) is 19. The van der Waals surface area contributed by atoms with Crippen molar-refractivity contribution in [2.75, 3.05) is 26.4 Å². The number of hydrogen-bond acceptors (Lipinski definition) is 34. The molecule has 0 aromatic rings. The summed E-state index contributed by atoms with van der Waals surface area (Å²) in [5.74, 6) is -0.810. The molecule has 12 rings (SSSR count). The standard InChI is InChI=1S/C71H116O34/c1-26-38(74)43(79)49(85)59(94-26)102-55-31(22-72)97-58(53(89)47(55)83)92-24-33-41(77)46(82)52(88)63(99-33)105-65(91)71-19-17-66(4,5)21-30(71)29-11-12-36-68(8)15-14-37(67(6,7)35(68)13-16-70(36,10)69(29,9)18-20-71)101-64-57(104-61-51(87)45(81)40(76)28(3)96-61)42(78)34(25-93-64)100-62-54(90)48(84)56(32(23-73)98-62)103-60-50(86)44(80)39(75)27(2)95-60/h11,26-28,30-64,72-90H,12-25H2,1-10H3. The van der Waals surface area contributed by atoms with Crippen molar-refractivity contribution in [2.45, 2.75) is 348 Å². The predicted octanol–water partition coefficient (Wildman–Crippen LogP) is -4.84. The summed E-state index contributed by atoms with van der Waals surface area (Å²) in [6, 6.07) is 0. The molecule has 604 valence electrons. The Bertz CT molecular complexity index is 2990. The van der Waals surface area contributed by atoms with Crippen LogP contribution >= 0.6 is 0 Å². The van der Waals surface area contributed by atoms with Crippen molar-refractivity contribution in [1.29, 1.82) is 0 Å². The lowest BCUT2D eigenvalue weighted by atomic mass is 9.33. The SMILES string of the molecule is CC1OC(OC2C(CO)OC(OCC3OC(OC(=O)C45CCC(C)(C)CC4C4=CCC6C7(C)CCC(OC8OCC(OC9OC(CO)C(OC%10OC(C)C(O)C(O)C%10O)C(O)C9O)C(O)C8OC8OC(C)C(O)C(O)C8O)C(C)(C)C7CCC6(C)C4(C)CC5)C(O)C(O)C3O)C(O)C2O)C(O)C(O)C1O. The first-order chi connectivity index (χ1) is 49.2. The molecule has 4 saturated carbocycles. The van der Waals surface area contributed by atoms with Crippen molar-refractivity contribution in [3.63, 3.8) is 0 Å². The summed E-state index contributed by atoms with van der Waals surface area (Å²) in [6.45, 7) is 17.2. The van der Waals surface area contributed by atoms with Crippen LogP contribution in [0.4, 0.5) is 0 Å². The minimum Gasteiger partial charge on any atom is -0.432 e. The number of fused-ring (bicyclic) bond motifs is 7. The first-order valence-electron chi connectivity index (χ1n) is 37.3. The monoisotopic (exact) mass is 1510 g/mol. The molecule has 0 radical (unpaired) electrons. The summed E-state index contributed by atoms with van der Waals surface area (Å²) < 4.78 is 84.1. The zero-order valence-corrected chi connectivity index (χ0v) is 61.0. The quantitative estimate of drug-likeness (QED) is 0.0369. The Morgan fingerprint density at radius 2 is 0.914 bits per heavy atom. The minimum absolute atomic E-state index is 0.0322. The fourth-order valence-electron chi connectivity index (χ4n) is 20.4. The second-order valence-corrected chi connectivity index (χ2v) is 34.2. The van der Waals surface area contributed by atoms with Crippen LogP contribution in [0.25, 0.3) is 0 Å². The van der Waals surface area contributed by atoms with E-state index >= 15 is 4.79 Å². The van der Waals surface area contributed by atoms with Crippen LogP contribution in [0, 0.1) is 50.2 Å². The molecule has 0 aromatic heterocycles. The van der Waals surface area contributed by atoms with Gasteiger partial charge in [0.1, 0.15) is 146 Å². The Kier molecular flexibility index (Phi) is 24.3. The number of esters is 1.